The number of piperidine rings is 1. The molecule has 2 fully saturated rings. The molecular weight excluding hydrogens is 712 g/mol. The molecule has 0 aliphatic carbocycles. The molecule has 0 saturated carbocycles. The molecule has 15 nitrogen and oxygen atoms in total. The van der Waals surface area contributed by atoms with Crippen molar-refractivity contribution in [3.05, 3.63) is 71.0 Å². The van der Waals surface area contributed by atoms with Crippen molar-refractivity contribution in [1.82, 2.24) is 39.0 Å². The molecule has 54 heavy (non-hydrogen) atoms. The predicted octanol–water partition coefficient (Wildman–Crippen LogP) is 5.11. The van der Waals surface area contributed by atoms with E-state index >= 15 is 0 Å². The third kappa shape index (κ3) is 8.74. The molecule has 286 valence electrons. The van der Waals surface area contributed by atoms with Gasteiger partial charge in [-0.25, -0.2) is 19.4 Å². The Labute approximate surface area is 319 Å². The lowest BCUT2D eigenvalue weighted by molar-refractivity contribution is -0.138. The van der Waals surface area contributed by atoms with E-state index in [-0.39, 0.29) is 28.6 Å². The summed E-state index contributed by atoms with van der Waals surface area (Å²) in [6.45, 7) is 11.1. The molecule has 0 spiro atoms. The maximum atomic E-state index is 13.4. The monoisotopic (exact) mass is 758 g/mol. The number of pyridine rings is 1. The zero-order valence-electron chi connectivity index (χ0n) is 31.6. The Hall–Kier alpha value is -5.28. The molecular formula is C38H47ClN10O5. The maximum absolute atomic E-state index is 13.4. The molecule has 0 bridgehead atoms. The minimum Gasteiger partial charge on any atom is -0.444 e. The van der Waals surface area contributed by atoms with Crippen molar-refractivity contribution in [2.45, 2.75) is 52.6 Å². The fourth-order valence-electron chi connectivity index (χ4n) is 6.66. The van der Waals surface area contributed by atoms with E-state index in [4.69, 9.17) is 21.4 Å². The Kier molecular flexibility index (Phi) is 11.4. The number of nitrogens with one attached hydrogen (secondary N) is 2. The predicted molar refractivity (Wildman–Crippen MR) is 205 cm³/mol. The van der Waals surface area contributed by atoms with Crippen molar-refractivity contribution < 1.29 is 23.9 Å². The Balaban J connectivity index is 1.08. The van der Waals surface area contributed by atoms with Crippen LogP contribution >= 0.6 is 11.6 Å². The highest BCUT2D eigenvalue weighted by atomic mass is 35.5. The van der Waals surface area contributed by atoms with Gasteiger partial charge in [-0.05, 0) is 90.5 Å². The lowest BCUT2D eigenvalue weighted by Crippen LogP contribution is -2.52. The summed E-state index contributed by atoms with van der Waals surface area (Å²) in [5.74, 6) is 0.267. The summed E-state index contributed by atoms with van der Waals surface area (Å²) in [5.41, 5.74) is 2.84. The molecule has 6 rings (SSSR count). The van der Waals surface area contributed by atoms with E-state index in [2.05, 4.69) is 32.5 Å². The van der Waals surface area contributed by atoms with Gasteiger partial charge in [0.25, 0.3) is 11.8 Å². The number of ether oxygens (including phenoxy) is 1. The number of imidazole rings is 1. The van der Waals surface area contributed by atoms with Crippen molar-refractivity contribution in [3.8, 4) is 17.1 Å². The zero-order chi connectivity index (χ0) is 38.7. The van der Waals surface area contributed by atoms with E-state index in [1.165, 1.54) is 6.20 Å². The van der Waals surface area contributed by atoms with E-state index in [0.717, 1.165) is 37.2 Å². The molecule has 2 aliphatic rings. The molecule has 5 heterocycles. The number of likely N-dealkylation sites (tertiary alicyclic amines) is 1. The van der Waals surface area contributed by atoms with Gasteiger partial charge in [-0.3, -0.25) is 19.7 Å². The second kappa shape index (κ2) is 16.0. The van der Waals surface area contributed by atoms with Gasteiger partial charge in [0.15, 0.2) is 11.6 Å². The van der Waals surface area contributed by atoms with Crippen LogP contribution in [0.25, 0.3) is 17.1 Å². The molecule has 0 radical (unpaired) electrons. The first-order chi connectivity index (χ1) is 25.7. The first-order valence-electron chi connectivity index (χ1n) is 18.1. The zero-order valence-corrected chi connectivity index (χ0v) is 32.3. The summed E-state index contributed by atoms with van der Waals surface area (Å²) in [4.78, 5) is 66.7. The van der Waals surface area contributed by atoms with Crippen LogP contribution in [0.3, 0.4) is 0 Å². The molecule has 4 aromatic rings. The van der Waals surface area contributed by atoms with Crippen LogP contribution in [0, 0.1) is 5.92 Å². The number of rotatable bonds is 8. The number of hydrogen-bond acceptors (Lipinski definition) is 9. The van der Waals surface area contributed by atoms with Crippen molar-refractivity contribution >= 4 is 46.8 Å². The molecule has 0 atom stereocenters. The van der Waals surface area contributed by atoms with E-state index < -0.39 is 17.6 Å². The summed E-state index contributed by atoms with van der Waals surface area (Å²) in [6, 6.07) is 8.24. The Bertz CT molecular complexity index is 2020. The number of carbonyl (C=O) groups is 4. The number of anilines is 2. The van der Waals surface area contributed by atoms with Gasteiger partial charge in [-0.1, -0.05) is 18.5 Å². The van der Waals surface area contributed by atoms with Crippen molar-refractivity contribution in [1.29, 1.82) is 0 Å². The van der Waals surface area contributed by atoms with Gasteiger partial charge in [-0.15, -0.1) is 0 Å². The van der Waals surface area contributed by atoms with Gasteiger partial charge >= 0.3 is 6.09 Å². The van der Waals surface area contributed by atoms with Crippen LogP contribution in [0.2, 0.25) is 5.02 Å². The molecule has 1 aromatic carbocycles. The lowest BCUT2D eigenvalue weighted by atomic mass is 9.95. The number of amides is 4. The number of aromatic nitrogens is 5. The van der Waals surface area contributed by atoms with Crippen LogP contribution in [-0.2, 0) is 23.0 Å². The SMILES string of the molecule is CCc1nn(-c2ccc(NC(=O)OC(C)(C)C)cn2)cc1-c1cnc(C(=O)Nc2ccc(C(=O)N3CCN(C(=O)C4CCN(C)CC4)CC3)c(Cl)c2)n1C. The highest BCUT2D eigenvalue weighted by molar-refractivity contribution is 6.34. The maximum Gasteiger partial charge on any atom is 0.412 e. The molecule has 16 heteroatoms. The number of carbonyl (C=O) groups excluding carboxylic acids is 4. The molecule has 4 amide bonds. The van der Waals surface area contributed by atoms with Crippen molar-refractivity contribution in [2.24, 2.45) is 13.0 Å². The quantitative estimate of drug-likeness (QED) is 0.249. The normalized spacial score (nSPS) is 15.6. The smallest absolute Gasteiger partial charge is 0.412 e. The van der Waals surface area contributed by atoms with Crippen LogP contribution in [-0.4, -0.2) is 115 Å². The number of nitrogens with zero attached hydrogens (tertiary/aromatic N) is 8. The number of benzene rings is 1. The van der Waals surface area contributed by atoms with Gasteiger partial charge in [-0.2, -0.15) is 5.10 Å². The topological polar surface area (TPSA) is 160 Å². The fraction of sp³-hybridized carbons (Fsp3) is 0.447. The minimum absolute atomic E-state index is 0.0517. The standard InChI is InChI=1S/C38H47ClN10O5/c1-7-30-28(23-49(44-30)32-11-9-26(21-40-32)43-37(53)54-38(2,3)4)31-22-41-33(46(31)6)34(50)42-25-8-10-27(29(39)20-25)36(52)48-18-16-47(17-19-48)35(51)24-12-14-45(5)15-13-24/h8-11,20-24H,7,12-19H2,1-6H3,(H,42,50)(H,43,53). The lowest BCUT2D eigenvalue weighted by Gasteiger charge is -2.38. The van der Waals surface area contributed by atoms with Gasteiger partial charge in [0.1, 0.15) is 5.60 Å². The number of halogens is 1. The van der Waals surface area contributed by atoms with Crippen LogP contribution < -0.4 is 10.6 Å². The van der Waals surface area contributed by atoms with E-state index in [1.807, 2.05) is 18.0 Å². The Morgan fingerprint density at radius 3 is 2.20 bits per heavy atom. The number of piperazine rings is 1. The minimum atomic E-state index is -0.624. The summed E-state index contributed by atoms with van der Waals surface area (Å²) in [5, 5.41) is 10.4. The van der Waals surface area contributed by atoms with E-state index in [1.54, 1.807) is 78.5 Å². The highest BCUT2D eigenvalue weighted by Gasteiger charge is 2.31. The van der Waals surface area contributed by atoms with Gasteiger partial charge in [0.2, 0.25) is 5.91 Å². The van der Waals surface area contributed by atoms with Crippen molar-refractivity contribution in [2.75, 3.05) is 56.9 Å². The van der Waals surface area contributed by atoms with Gasteiger partial charge in [0.05, 0.1) is 40.1 Å². The van der Waals surface area contributed by atoms with Crippen LogP contribution in [0.4, 0.5) is 16.2 Å². The second-order valence-corrected chi connectivity index (χ2v) is 15.1. The molecule has 2 saturated heterocycles. The second-order valence-electron chi connectivity index (χ2n) is 14.7. The van der Waals surface area contributed by atoms with E-state index in [9.17, 15) is 19.2 Å². The molecule has 0 unspecified atom stereocenters. The fourth-order valence-corrected chi connectivity index (χ4v) is 6.92. The summed E-state index contributed by atoms with van der Waals surface area (Å²) in [6.07, 6.45) is 6.74. The van der Waals surface area contributed by atoms with Gasteiger partial charge < -0.3 is 29.3 Å². The summed E-state index contributed by atoms with van der Waals surface area (Å²) >= 11 is 6.59. The Morgan fingerprint density at radius 2 is 1.57 bits per heavy atom. The summed E-state index contributed by atoms with van der Waals surface area (Å²) in [7, 11) is 3.82. The van der Waals surface area contributed by atoms with Gasteiger partial charge in [0, 0.05) is 56.6 Å². The molecule has 2 aliphatic heterocycles. The third-order valence-corrected chi connectivity index (χ3v) is 9.94. The average Bonchev–Trinajstić information content (AvgIpc) is 3.74. The molecule has 3 aromatic heterocycles. The first-order valence-corrected chi connectivity index (χ1v) is 18.5. The molecule has 2 N–H and O–H groups in total. The highest BCUT2D eigenvalue weighted by Crippen LogP contribution is 2.28. The van der Waals surface area contributed by atoms with E-state index in [0.29, 0.717) is 61.0 Å². The van der Waals surface area contributed by atoms with Crippen LogP contribution in [0.15, 0.2) is 48.9 Å². The van der Waals surface area contributed by atoms with Crippen molar-refractivity contribution in [3.63, 3.8) is 0 Å². The largest absolute Gasteiger partial charge is 0.444 e. The van der Waals surface area contributed by atoms with Crippen LogP contribution in [0.5, 0.6) is 0 Å². The van der Waals surface area contributed by atoms with Crippen LogP contribution in [0.1, 0.15) is 67.2 Å². The number of hydrogen-bond donors (Lipinski definition) is 2. The first kappa shape index (κ1) is 38.4. The third-order valence-electron chi connectivity index (χ3n) is 9.62. The average molecular weight is 759 g/mol. The Morgan fingerprint density at radius 1 is 0.889 bits per heavy atom. The number of aryl methyl sites for hydroxylation is 1. The summed E-state index contributed by atoms with van der Waals surface area (Å²) < 4.78 is 8.63.